The lowest BCUT2D eigenvalue weighted by molar-refractivity contribution is 0.325. The fraction of sp³-hybridized carbons (Fsp3) is 0.353. The molecule has 1 aliphatic rings. The van der Waals surface area contributed by atoms with E-state index in [9.17, 15) is 0 Å². The Bertz CT molecular complexity index is 1070. The molecule has 4 aromatic rings. The molecule has 1 aliphatic heterocycles. The van der Waals surface area contributed by atoms with E-state index in [1.54, 1.807) is 10.7 Å². The van der Waals surface area contributed by atoms with Gasteiger partial charge in [0.1, 0.15) is 0 Å². The number of rotatable bonds is 2. The van der Waals surface area contributed by atoms with Crippen LogP contribution >= 0.6 is 0 Å². The maximum Gasteiger partial charge on any atom is 0.230 e. The predicted molar refractivity (Wildman–Crippen MR) is 89.0 cm³/mol. The maximum absolute atomic E-state index is 5.57. The van der Waals surface area contributed by atoms with Gasteiger partial charge in [0, 0.05) is 42.2 Å². The topological polar surface area (TPSA) is 86.9 Å². The molecule has 0 aromatic carbocycles. The van der Waals surface area contributed by atoms with Crippen molar-refractivity contribution >= 4 is 5.65 Å². The summed E-state index contributed by atoms with van der Waals surface area (Å²) in [6, 6.07) is 2.00. The lowest BCUT2D eigenvalue weighted by Gasteiger charge is -2.20. The highest BCUT2D eigenvalue weighted by Gasteiger charge is 2.26. The molecule has 0 amide bonds. The molecular formula is C17H17N7O. The van der Waals surface area contributed by atoms with Crippen molar-refractivity contribution in [3.8, 4) is 11.4 Å². The number of aryl methyl sites for hydroxylation is 3. The van der Waals surface area contributed by atoms with Crippen LogP contribution in [0.4, 0.5) is 0 Å². The van der Waals surface area contributed by atoms with E-state index < -0.39 is 0 Å². The molecule has 0 aliphatic carbocycles. The van der Waals surface area contributed by atoms with Crippen molar-refractivity contribution in [1.82, 2.24) is 34.3 Å². The maximum atomic E-state index is 5.57. The highest BCUT2D eigenvalue weighted by atomic mass is 16.5. The van der Waals surface area contributed by atoms with Crippen LogP contribution in [0.5, 0.6) is 0 Å². The quantitative estimate of drug-likeness (QED) is 0.559. The van der Waals surface area contributed by atoms with Crippen LogP contribution in [-0.4, -0.2) is 34.3 Å². The van der Waals surface area contributed by atoms with E-state index >= 15 is 0 Å². The van der Waals surface area contributed by atoms with Gasteiger partial charge in [0.15, 0.2) is 5.65 Å². The normalized spacial score (nSPS) is 17.1. The van der Waals surface area contributed by atoms with Gasteiger partial charge in [-0.1, -0.05) is 5.16 Å². The van der Waals surface area contributed by atoms with Gasteiger partial charge in [0.2, 0.25) is 11.7 Å². The fourth-order valence-electron chi connectivity index (χ4n) is 3.52. The Labute approximate surface area is 143 Å². The molecule has 1 atom stereocenters. The Balaban J connectivity index is 1.51. The molecule has 0 saturated heterocycles. The number of fused-ring (bicyclic) bond motifs is 2. The molecule has 0 spiro atoms. The molecule has 4 aromatic heterocycles. The number of imidazole rings is 1. The number of aromatic nitrogens is 7. The van der Waals surface area contributed by atoms with Crippen molar-refractivity contribution < 1.29 is 4.52 Å². The fourth-order valence-corrected chi connectivity index (χ4v) is 3.52. The molecular weight excluding hydrogens is 318 g/mol. The highest BCUT2D eigenvalue weighted by Crippen LogP contribution is 2.30. The van der Waals surface area contributed by atoms with Gasteiger partial charge < -0.3 is 9.09 Å². The molecule has 0 saturated carbocycles. The Morgan fingerprint density at radius 3 is 3.04 bits per heavy atom. The van der Waals surface area contributed by atoms with Crippen LogP contribution in [0.3, 0.4) is 0 Å². The number of nitrogens with zero attached hydrogens (tertiary/aromatic N) is 7. The van der Waals surface area contributed by atoms with Gasteiger partial charge >= 0.3 is 0 Å². The smallest absolute Gasteiger partial charge is 0.230 e. The average molecular weight is 335 g/mol. The third-order valence-corrected chi connectivity index (χ3v) is 4.78. The van der Waals surface area contributed by atoms with Gasteiger partial charge in [-0.05, 0) is 26.3 Å². The molecule has 1 unspecified atom stereocenters. The molecule has 5 heterocycles. The minimum absolute atomic E-state index is 0.226. The molecule has 8 heteroatoms. The first-order valence-electron chi connectivity index (χ1n) is 8.34. The highest BCUT2D eigenvalue weighted by molar-refractivity contribution is 5.72. The second-order valence-corrected chi connectivity index (χ2v) is 6.56. The lowest BCUT2D eigenvalue weighted by Crippen LogP contribution is -2.17. The predicted octanol–water partition coefficient (Wildman–Crippen LogP) is 2.32. The Morgan fingerprint density at radius 1 is 1.20 bits per heavy atom. The van der Waals surface area contributed by atoms with Crippen molar-refractivity contribution in [3.63, 3.8) is 0 Å². The van der Waals surface area contributed by atoms with E-state index in [2.05, 4.69) is 29.8 Å². The second kappa shape index (κ2) is 5.23. The zero-order valence-electron chi connectivity index (χ0n) is 14.0. The van der Waals surface area contributed by atoms with E-state index in [0.29, 0.717) is 11.7 Å². The monoisotopic (exact) mass is 335 g/mol. The third kappa shape index (κ3) is 2.25. The van der Waals surface area contributed by atoms with E-state index in [1.807, 2.05) is 32.4 Å². The van der Waals surface area contributed by atoms with Crippen molar-refractivity contribution in [2.75, 3.05) is 0 Å². The van der Waals surface area contributed by atoms with Crippen molar-refractivity contribution in [3.05, 3.63) is 47.8 Å². The lowest BCUT2D eigenvalue weighted by atomic mass is 9.96. The minimum atomic E-state index is 0.226. The molecule has 0 fully saturated rings. The summed E-state index contributed by atoms with van der Waals surface area (Å²) in [5, 5.41) is 8.59. The van der Waals surface area contributed by atoms with Crippen LogP contribution in [0.1, 0.15) is 35.3 Å². The number of hydrogen-bond donors (Lipinski definition) is 0. The molecule has 25 heavy (non-hydrogen) atoms. The van der Waals surface area contributed by atoms with Gasteiger partial charge in [-0.3, -0.25) is 0 Å². The summed E-state index contributed by atoms with van der Waals surface area (Å²) in [7, 11) is 0. The zero-order chi connectivity index (χ0) is 17.0. The van der Waals surface area contributed by atoms with Crippen LogP contribution < -0.4 is 0 Å². The summed E-state index contributed by atoms with van der Waals surface area (Å²) in [6.07, 6.45) is 7.37. The molecule has 8 nitrogen and oxygen atoms in total. The van der Waals surface area contributed by atoms with Crippen LogP contribution in [-0.2, 0) is 13.0 Å². The van der Waals surface area contributed by atoms with Crippen LogP contribution in [0.25, 0.3) is 17.0 Å². The van der Waals surface area contributed by atoms with Crippen LogP contribution in [0.2, 0.25) is 0 Å². The minimum Gasteiger partial charge on any atom is -0.339 e. The molecule has 126 valence electrons. The Hall–Kier alpha value is -3.03. The van der Waals surface area contributed by atoms with Gasteiger partial charge in [0.05, 0.1) is 18.1 Å². The SMILES string of the molecule is Cc1cc(C)n2ncc(-c3noc(C4CCn5cncc5C4)n3)c2n1. The van der Waals surface area contributed by atoms with Gasteiger partial charge in [0.25, 0.3) is 0 Å². The molecule has 0 radical (unpaired) electrons. The van der Waals surface area contributed by atoms with Crippen molar-refractivity contribution in [2.24, 2.45) is 0 Å². The number of hydrogen-bond acceptors (Lipinski definition) is 6. The van der Waals surface area contributed by atoms with E-state index in [0.717, 1.165) is 42.0 Å². The second-order valence-electron chi connectivity index (χ2n) is 6.56. The zero-order valence-corrected chi connectivity index (χ0v) is 14.0. The van der Waals surface area contributed by atoms with Crippen molar-refractivity contribution in [1.29, 1.82) is 0 Å². The Morgan fingerprint density at radius 2 is 2.12 bits per heavy atom. The summed E-state index contributed by atoms with van der Waals surface area (Å²) in [5.74, 6) is 1.44. The first-order valence-corrected chi connectivity index (χ1v) is 8.34. The molecule has 5 rings (SSSR count). The van der Waals surface area contributed by atoms with Gasteiger partial charge in [-0.25, -0.2) is 14.5 Å². The summed E-state index contributed by atoms with van der Waals surface area (Å²) < 4.78 is 9.55. The summed E-state index contributed by atoms with van der Waals surface area (Å²) >= 11 is 0. The van der Waals surface area contributed by atoms with Crippen LogP contribution in [0, 0.1) is 13.8 Å². The van der Waals surface area contributed by atoms with E-state index in [1.165, 1.54) is 5.69 Å². The first kappa shape index (κ1) is 14.3. The van der Waals surface area contributed by atoms with Gasteiger partial charge in [-0.2, -0.15) is 10.1 Å². The third-order valence-electron chi connectivity index (χ3n) is 4.78. The molecule has 0 N–H and O–H groups in total. The average Bonchev–Trinajstić information content (AvgIpc) is 3.32. The van der Waals surface area contributed by atoms with E-state index in [4.69, 9.17) is 4.52 Å². The van der Waals surface area contributed by atoms with Crippen molar-refractivity contribution in [2.45, 2.75) is 39.2 Å². The van der Waals surface area contributed by atoms with Crippen LogP contribution in [0.15, 0.2) is 29.3 Å². The summed E-state index contributed by atoms with van der Waals surface area (Å²) in [4.78, 5) is 13.4. The summed E-state index contributed by atoms with van der Waals surface area (Å²) in [6.45, 7) is 4.90. The first-order chi connectivity index (χ1) is 12.2. The van der Waals surface area contributed by atoms with Gasteiger partial charge in [-0.15, -0.1) is 0 Å². The standard InChI is InChI=1S/C17H17N7O/c1-10-5-11(2)24-16(20-10)14(8-19-24)15-21-17(25-22-15)12-3-4-23-9-18-7-13(23)6-12/h5,7-9,12H,3-4,6H2,1-2H3. The Kier molecular flexibility index (Phi) is 3.00. The van der Waals surface area contributed by atoms with E-state index in [-0.39, 0.29) is 5.92 Å². The summed E-state index contributed by atoms with van der Waals surface area (Å²) in [5.41, 5.74) is 4.73. The largest absolute Gasteiger partial charge is 0.339 e. The molecule has 0 bridgehead atoms.